The normalized spacial score (nSPS) is 20.1. The third kappa shape index (κ3) is 4.09. The summed E-state index contributed by atoms with van der Waals surface area (Å²) in [6, 6.07) is 16.4. The van der Waals surface area contributed by atoms with Crippen molar-refractivity contribution >= 4 is 17.5 Å². The molecule has 1 saturated heterocycles. The summed E-state index contributed by atoms with van der Waals surface area (Å²) in [6.07, 6.45) is -0.0786. The summed E-state index contributed by atoms with van der Waals surface area (Å²) >= 11 is 0. The fraction of sp³-hybridized carbons (Fsp3) is 0.300. The number of carbonyl (C=O) groups is 2. The highest BCUT2D eigenvalue weighted by Crippen LogP contribution is 2.29. The van der Waals surface area contributed by atoms with Gasteiger partial charge in [0.2, 0.25) is 11.8 Å². The van der Waals surface area contributed by atoms with Crippen LogP contribution in [-0.2, 0) is 20.7 Å². The van der Waals surface area contributed by atoms with Crippen LogP contribution < -0.4 is 5.32 Å². The van der Waals surface area contributed by atoms with Crippen molar-refractivity contribution in [2.45, 2.75) is 18.6 Å². The van der Waals surface area contributed by atoms with E-state index in [2.05, 4.69) is 5.32 Å². The number of benzene rings is 2. The molecular weight excluding hydrogens is 332 g/mol. The van der Waals surface area contributed by atoms with Crippen molar-refractivity contribution in [3.05, 3.63) is 65.7 Å². The van der Waals surface area contributed by atoms with E-state index in [1.54, 1.807) is 19.2 Å². The number of hydrogen-bond donors (Lipinski definition) is 2. The standard InChI is InChI=1S/C20H22N2O4/c1-22-17(12-23)20(26-13-19(22)25)15-7-9-16(10-8-15)21-18(24)11-14-5-3-2-4-6-14/h2-10,17,20,23H,11-13H2,1H3,(H,21,24)/t17-,20-/m1/s1. The van der Waals surface area contributed by atoms with Gasteiger partial charge in [-0.15, -0.1) is 0 Å². The van der Waals surface area contributed by atoms with Gasteiger partial charge >= 0.3 is 0 Å². The van der Waals surface area contributed by atoms with Crippen LogP contribution in [0.1, 0.15) is 17.2 Å². The number of anilines is 1. The van der Waals surface area contributed by atoms with E-state index in [-0.39, 0.29) is 25.0 Å². The third-order valence-corrected chi connectivity index (χ3v) is 4.54. The zero-order valence-corrected chi connectivity index (χ0v) is 14.6. The van der Waals surface area contributed by atoms with Gasteiger partial charge in [-0.05, 0) is 23.3 Å². The number of amides is 2. The molecule has 6 nitrogen and oxygen atoms in total. The van der Waals surface area contributed by atoms with Gasteiger partial charge in [0.05, 0.1) is 19.1 Å². The Morgan fingerprint density at radius 1 is 1.19 bits per heavy atom. The molecule has 1 aliphatic rings. The molecule has 2 amide bonds. The molecule has 6 heteroatoms. The van der Waals surface area contributed by atoms with Crippen LogP contribution in [0.3, 0.4) is 0 Å². The van der Waals surface area contributed by atoms with Crippen molar-refractivity contribution in [1.29, 1.82) is 0 Å². The summed E-state index contributed by atoms with van der Waals surface area (Å²) in [4.78, 5) is 25.4. The smallest absolute Gasteiger partial charge is 0.248 e. The summed E-state index contributed by atoms with van der Waals surface area (Å²) in [7, 11) is 1.66. The van der Waals surface area contributed by atoms with E-state index in [1.807, 2.05) is 42.5 Å². The van der Waals surface area contributed by atoms with E-state index >= 15 is 0 Å². The van der Waals surface area contributed by atoms with Gasteiger partial charge < -0.3 is 20.1 Å². The van der Waals surface area contributed by atoms with Crippen LogP contribution in [0.15, 0.2) is 54.6 Å². The van der Waals surface area contributed by atoms with E-state index in [4.69, 9.17) is 4.74 Å². The highest BCUT2D eigenvalue weighted by atomic mass is 16.5. The van der Waals surface area contributed by atoms with Gasteiger partial charge in [0.1, 0.15) is 12.7 Å². The lowest BCUT2D eigenvalue weighted by atomic mass is 9.99. The predicted molar refractivity (Wildman–Crippen MR) is 97.6 cm³/mol. The van der Waals surface area contributed by atoms with Gasteiger partial charge in [0.25, 0.3) is 0 Å². The maximum absolute atomic E-state index is 12.1. The van der Waals surface area contributed by atoms with Gasteiger partial charge in [-0.1, -0.05) is 42.5 Å². The number of nitrogens with one attached hydrogen (secondary N) is 1. The first kappa shape index (κ1) is 18.1. The van der Waals surface area contributed by atoms with Crippen molar-refractivity contribution in [3.63, 3.8) is 0 Å². The third-order valence-electron chi connectivity index (χ3n) is 4.54. The van der Waals surface area contributed by atoms with Crippen LogP contribution in [0.4, 0.5) is 5.69 Å². The summed E-state index contributed by atoms with van der Waals surface area (Å²) in [6.45, 7) is -0.185. The number of rotatable bonds is 5. The minimum atomic E-state index is -0.422. The molecule has 0 aliphatic carbocycles. The number of likely N-dealkylation sites (N-methyl/N-ethyl adjacent to an activating group) is 1. The Morgan fingerprint density at radius 2 is 1.88 bits per heavy atom. The van der Waals surface area contributed by atoms with Crippen LogP contribution in [0.2, 0.25) is 0 Å². The first-order chi connectivity index (χ1) is 12.6. The second kappa shape index (κ2) is 8.12. The number of aliphatic hydroxyl groups excluding tert-OH is 1. The first-order valence-electron chi connectivity index (χ1n) is 8.50. The van der Waals surface area contributed by atoms with Gasteiger partial charge in [0.15, 0.2) is 0 Å². The van der Waals surface area contributed by atoms with Gasteiger partial charge in [0, 0.05) is 12.7 Å². The van der Waals surface area contributed by atoms with Crippen molar-refractivity contribution in [3.8, 4) is 0 Å². The summed E-state index contributed by atoms with van der Waals surface area (Å²) in [5.41, 5.74) is 2.50. The Hall–Kier alpha value is -2.70. The molecule has 1 aliphatic heterocycles. The quantitative estimate of drug-likeness (QED) is 0.858. The molecule has 26 heavy (non-hydrogen) atoms. The second-order valence-corrected chi connectivity index (χ2v) is 6.32. The number of aliphatic hydroxyl groups is 1. The monoisotopic (exact) mass is 354 g/mol. The fourth-order valence-corrected chi connectivity index (χ4v) is 3.04. The molecule has 1 heterocycles. The Balaban J connectivity index is 1.64. The molecule has 2 atom stereocenters. The Labute approximate surface area is 152 Å². The molecule has 3 rings (SSSR count). The average Bonchev–Trinajstić information content (AvgIpc) is 2.65. The molecule has 136 valence electrons. The molecule has 0 bridgehead atoms. The highest BCUT2D eigenvalue weighted by Gasteiger charge is 2.34. The minimum Gasteiger partial charge on any atom is -0.394 e. The number of ether oxygens (including phenoxy) is 1. The molecule has 1 fully saturated rings. The zero-order chi connectivity index (χ0) is 18.5. The Kier molecular flexibility index (Phi) is 5.65. The van der Waals surface area contributed by atoms with Crippen LogP contribution in [0, 0.1) is 0 Å². The molecule has 0 radical (unpaired) electrons. The zero-order valence-electron chi connectivity index (χ0n) is 14.6. The molecule has 0 unspecified atom stereocenters. The molecule has 0 spiro atoms. The van der Waals surface area contributed by atoms with E-state index in [0.717, 1.165) is 11.1 Å². The molecule has 2 aromatic rings. The van der Waals surface area contributed by atoms with Crippen LogP contribution in [0.5, 0.6) is 0 Å². The van der Waals surface area contributed by atoms with E-state index in [0.29, 0.717) is 12.1 Å². The molecule has 2 aromatic carbocycles. The lowest BCUT2D eigenvalue weighted by Crippen LogP contribution is -2.50. The van der Waals surface area contributed by atoms with E-state index in [9.17, 15) is 14.7 Å². The van der Waals surface area contributed by atoms with E-state index in [1.165, 1.54) is 4.90 Å². The molecule has 0 aromatic heterocycles. The van der Waals surface area contributed by atoms with E-state index < -0.39 is 12.1 Å². The van der Waals surface area contributed by atoms with Crippen molar-refractivity contribution in [2.24, 2.45) is 0 Å². The van der Waals surface area contributed by atoms with Crippen molar-refractivity contribution < 1.29 is 19.4 Å². The topological polar surface area (TPSA) is 78.9 Å². The predicted octanol–water partition coefficient (Wildman–Crippen LogP) is 1.76. The fourth-order valence-electron chi connectivity index (χ4n) is 3.04. The average molecular weight is 354 g/mol. The molecule has 2 N–H and O–H groups in total. The number of nitrogens with zero attached hydrogens (tertiary/aromatic N) is 1. The van der Waals surface area contributed by atoms with Crippen molar-refractivity contribution in [1.82, 2.24) is 4.90 Å². The Morgan fingerprint density at radius 3 is 2.54 bits per heavy atom. The van der Waals surface area contributed by atoms with Gasteiger partial charge in [-0.3, -0.25) is 9.59 Å². The summed E-state index contributed by atoms with van der Waals surface area (Å²) < 4.78 is 5.61. The maximum Gasteiger partial charge on any atom is 0.248 e. The number of morpholine rings is 1. The van der Waals surface area contributed by atoms with Crippen LogP contribution >= 0.6 is 0 Å². The summed E-state index contributed by atoms with van der Waals surface area (Å²) in [5.74, 6) is -0.235. The summed E-state index contributed by atoms with van der Waals surface area (Å²) in [5, 5.41) is 12.5. The SMILES string of the molecule is CN1C(=O)CO[C@H](c2ccc(NC(=O)Cc3ccccc3)cc2)[C@H]1CO. The first-order valence-corrected chi connectivity index (χ1v) is 8.50. The maximum atomic E-state index is 12.1. The lowest BCUT2D eigenvalue weighted by molar-refractivity contribution is -0.157. The van der Waals surface area contributed by atoms with Crippen molar-refractivity contribution in [2.75, 3.05) is 25.6 Å². The molecular formula is C20H22N2O4. The largest absolute Gasteiger partial charge is 0.394 e. The number of hydrogen-bond acceptors (Lipinski definition) is 4. The van der Waals surface area contributed by atoms with Gasteiger partial charge in [-0.25, -0.2) is 0 Å². The lowest BCUT2D eigenvalue weighted by Gasteiger charge is -2.38. The minimum absolute atomic E-state index is 0.00672. The molecule has 0 saturated carbocycles. The van der Waals surface area contributed by atoms with Gasteiger partial charge in [-0.2, -0.15) is 0 Å². The number of carbonyl (C=O) groups excluding carboxylic acids is 2. The van der Waals surface area contributed by atoms with Crippen LogP contribution in [-0.4, -0.2) is 48.1 Å². The van der Waals surface area contributed by atoms with Crippen LogP contribution in [0.25, 0.3) is 0 Å². The highest BCUT2D eigenvalue weighted by molar-refractivity contribution is 5.92. The second-order valence-electron chi connectivity index (χ2n) is 6.32. The Bertz CT molecular complexity index is 761.